The number of likely N-dealkylation sites (N-methyl/N-ethyl adjacent to an activating group) is 1. The Balaban J connectivity index is 2.59. The smallest absolute Gasteiger partial charge is 0.233 e. The summed E-state index contributed by atoms with van der Waals surface area (Å²) < 4.78 is 25.8. The van der Waals surface area contributed by atoms with E-state index in [4.69, 9.17) is 0 Å². The minimum absolute atomic E-state index is 0.120. The second kappa shape index (κ2) is 7.04. The lowest BCUT2D eigenvalue weighted by atomic mass is 10.1. The minimum atomic E-state index is -0.960. The molecule has 1 rings (SSSR count). The van der Waals surface area contributed by atoms with Crippen molar-refractivity contribution >= 4 is 17.7 Å². The largest absolute Gasteiger partial charge is 0.389 e. The number of amides is 1. The van der Waals surface area contributed by atoms with Crippen LogP contribution >= 0.6 is 11.8 Å². The molecule has 1 N–H and O–H groups in total. The van der Waals surface area contributed by atoms with Crippen molar-refractivity contribution in [3.63, 3.8) is 0 Å². The van der Waals surface area contributed by atoms with Crippen molar-refractivity contribution in [2.75, 3.05) is 18.8 Å². The number of halogens is 2. The summed E-state index contributed by atoms with van der Waals surface area (Å²) in [5.41, 5.74) is -0.960. The van der Waals surface area contributed by atoms with E-state index in [0.717, 1.165) is 23.9 Å². The standard InChI is InChI=1S/C14H19F2NO2S/c1-4-17(9-14(2,3)19)13(18)8-20-10-5-6-11(15)12(16)7-10/h5-7,19H,4,8-9H2,1-3H3. The van der Waals surface area contributed by atoms with E-state index in [1.54, 1.807) is 13.8 Å². The average Bonchev–Trinajstić information content (AvgIpc) is 2.36. The van der Waals surface area contributed by atoms with Gasteiger partial charge in [0, 0.05) is 18.0 Å². The van der Waals surface area contributed by atoms with Crippen LogP contribution in [0.5, 0.6) is 0 Å². The predicted molar refractivity (Wildman–Crippen MR) is 75.6 cm³/mol. The number of aliphatic hydroxyl groups is 1. The monoisotopic (exact) mass is 303 g/mol. The number of carbonyl (C=O) groups is 1. The van der Waals surface area contributed by atoms with Crippen LogP contribution in [0.25, 0.3) is 0 Å². The summed E-state index contributed by atoms with van der Waals surface area (Å²) in [6.45, 7) is 5.81. The molecule has 3 nitrogen and oxygen atoms in total. The SMILES string of the molecule is CCN(CC(C)(C)O)C(=O)CSc1ccc(F)c(F)c1. The summed E-state index contributed by atoms with van der Waals surface area (Å²) in [7, 11) is 0. The minimum Gasteiger partial charge on any atom is -0.389 e. The van der Waals surface area contributed by atoms with Gasteiger partial charge in [-0.25, -0.2) is 8.78 Å². The Hall–Kier alpha value is -1.14. The van der Waals surface area contributed by atoms with E-state index in [2.05, 4.69) is 0 Å². The van der Waals surface area contributed by atoms with Crippen LogP contribution in [0.3, 0.4) is 0 Å². The molecule has 0 saturated heterocycles. The van der Waals surface area contributed by atoms with Gasteiger partial charge in [-0.2, -0.15) is 0 Å². The lowest BCUT2D eigenvalue weighted by Crippen LogP contribution is -2.42. The van der Waals surface area contributed by atoms with Gasteiger partial charge in [-0.15, -0.1) is 11.8 Å². The molecule has 0 unspecified atom stereocenters. The Morgan fingerprint density at radius 2 is 2.00 bits per heavy atom. The highest BCUT2D eigenvalue weighted by atomic mass is 32.2. The normalized spacial score (nSPS) is 11.5. The first-order chi connectivity index (χ1) is 9.23. The van der Waals surface area contributed by atoms with E-state index in [-0.39, 0.29) is 18.2 Å². The molecular weight excluding hydrogens is 284 g/mol. The molecule has 0 spiro atoms. The van der Waals surface area contributed by atoms with Gasteiger partial charge in [-0.3, -0.25) is 4.79 Å². The molecular formula is C14H19F2NO2S. The molecule has 6 heteroatoms. The molecule has 1 aromatic rings. The lowest BCUT2D eigenvalue weighted by molar-refractivity contribution is -0.131. The van der Waals surface area contributed by atoms with Crippen LogP contribution in [-0.2, 0) is 4.79 Å². The average molecular weight is 303 g/mol. The first-order valence-corrected chi connectivity index (χ1v) is 7.29. The van der Waals surface area contributed by atoms with E-state index in [9.17, 15) is 18.7 Å². The Labute approximate surface area is 122 Å². The number of hydrogen-bond donors (Lipinski definition) is 1. The van der Waals surface area contributed by atoms with Gasteiger partial charge in [0.25, 0.3) is 0 Å². The second-order valence-electron chi connectivity index (χ2n) is 5.08. The lowest BCUT2D eigenvalue weighted by Gasteiger charge is -2.28. The predicted octanol–water partition coefficient (Wildman–Crippen LogP) is 2.68. The van der Waals surface area contributed by atoms with Crippen LogP contribution in [0.4, 0.5) is 8.78 Å². The quantitative estimate of drug-likeness (QED) is 0.821. The molecule has 0 bridgehead atoms. The van der Waals surface area contributed by atoms with Crippen molar-refractivity contribution in [3.05, 3.63) is 29.8 Å². The van der Waals surface area contributed by atoms with Crippen LogP contribution in [0.15, 0.2) is 23.1 Å². The Morgan fingerprint density at radius 3 is 2.50 bits per heavy atom. The Morgan fingerprint density at radius 1 is 1.35 bits per heavy atom. The molecule has 0 atom stereocenters. The summed E-state index contributed by atoms with van der Waals surface area (Å²) in [4.78, 5) is 14.0. The molecule has 0 saturated carbocycles. The summed E-state index contributed by atoms with van der Waals surface area (Å²) in [6.07, 6.45) is 0. The van der Waals surface area contributed by atoms with Gasteiger partial charge in [0.2, 0.25) is 5.91 Å². The Bertz CT molecular complexity index is 475. The van der Waals surface area contributed by atoms with Crippen LogP contribution < -0.4 is 0 Å². The maximum atomic E-state index is 13.0. The highest BCUT2D eigenvalue weighted by Gasteiger charge is 2.21. The van der Waals surface area contributed by atoms with Crippen molar-refractivity contribution in [1.82, 2.24) is 4.90 Å². The topological polar surface area (TPSA) is 40.5 Å². The third-order valence-corrected chi connectivity index (χ3v) is 3.54. The summed E-state index contributed by atoms with van der Waals surface area (Å²) in [5, 5.41) is 9.73. The fraction of sp³-hybridized carbons (Fsp3) is 0.500. The summed E-state index contributed by atoms with van der Waals surface area (Å²) >= 11 is 1.14. The van der Waals surface area contributed by atoms with Crippen molar-refractivity contribution in [2.45, 2.75) is 31.3 Å². The van der Waals surface area contributed by atoms with Gasteiger partial charge in [-0.05, 0) is 39.0 Å². The maximum Gasteiger partial charge on any atom is 0.233 e. The second-order valence-corrected chi connectivity index (χ2v) is 6.13. The first-order valence-electron chi connectivity index (χ1n) is 6.31. The molecule has 0 aliphatic carbocycles. The van der Waals surface area contributed by atoms with Gasteiger partial charge in [0.1, 0.15) is 0 Å². The van der Waals surface area contributed by atoms with Gasteiger partial charge in [0.05, 0.1) is 11.4 Å². The van der Waals surface area contributed by atoms with E-state index in [0.29, 0.717) is 11.4 Å². The molecule has 0 radical (unpaired) electrons. The van der Waals surface area contributed by atoms with Crippen molar-refractivity contribution in [2.24, 2.45) is 0 Å². The zero-order valence-corrected chi connectivity index (χ0v) is 12.6. The van der Waals surface area contributed by atoms with E-state index in [1.807, 2.05) is 6.92 Å². The van der Waals surface area contributed by atoms with E-state index < -0.39 is 17.2 Å². The van der Waals surface area contributed by atoms with Gasteiger partial charge >= 0.3 is 0 Å². The zero-order chi connectivity index (χ0) is 15.3. The third kappa shape index (κ3) is 5.46. The fourth-order valence-electron chi connectivity index (χ4n) is 1.65. The maximum absolute atomic E-state index is 13.0. The fourth-order valence-corrected chi connectivity index (χ4v) is 2.47. The highest BCUT2D eigenvalue weighted by molar-refractivity contribution is 8.00. The number of rotatable bonds is 6. The number of nitrogens with zero attached hydrogens (tertiary/aromatic N) is 1. The van der Waals surface area contributed by atoms with Gasteiger partial charge in [-0.1, -0.05) is 0 Å². The molecule has 0 heterocycles. The summed E-state index contributed by atoms with van der Waals surface area (Å²) in [6, 6.07) is 3.54. The summed E-state index contributed by atoms with van der Waals surface area (Å²) in [5.74, 6) is -1.86. The van der Waals surface area contributed by atoms with Crippen LogP contribution in [0, 0.1) is 11.6 Å². The van der Waals surface area contributed by atoms with Gasteiger partial charge in [0.15, 0.2) is 11.6 Å². The van der Waals surface area contributed by atoms with Crippen molar-refractivity contribution < 1.29 is 18.7 Å². The van der Waals surface area contributed by atoms with Crippen LogP contribution in [-0.4, -0.2) is 40.4 Å². The number of carbonyl (C=O) groups excluding carboxylic acids is 1. The van der Waals surface area contributed by atoms with Gasteiger partial charge < -0.3 is 10.0 Å². The molecule has 0 aliphatic heterocycles. The number of hydrogen-bond acceptors (Lipinski definition) is 3. The number of thioether (sulfide) groups is 1. The molecule has 0 fully saturated rings. The Kier molecular flexibility index (Phi) is 5.95. The third-order valence-electron chi connectivity index (χ3n) is 2.57. The molecule has 1 amide bonds. The molecule has 1 aromatic carbocycles. The van der Waals surface area contributed by atoms with Crippen molar-refractivity contribution in [1.29, 1.82) is 0 Å². The molecule has 0 aromatic heterocycles. The molecule has 112 valence electrons. The molecule has 0 aliphatic rings. The van der Waals surface area contributed by atoms with Crippen LogP contribution in [0.1, 0.15) is 20.8 Å². The van der Waals surface area contributed by atoms with Crippen molar-refractivity contribution in [3.8, 4) is 0 Å². The van der Waals surface area contributed by atoms with E-state index >= 15 is 0 Å². The zero-order valence-electron chi connectivity index (χ0n) is 11.8. The van der Waals surface area contributed by atoms with E-state index in [1.165, 1.54) is 11.0 Å². The molecule has 20 heavy (non-hydrogen) atoms. The highest BCUT2D eigenvalue weighted by Crippen LogP contribution is 2.21. The van der Waals surface area contributed by atoms with Crippen LogP contribution in [0.2, 0.25) is 0 Å². The first kappa shape index (κ1) is 16.9. The number of benzene rings is 1.